The van der Waals surface area contributed by atoms with Gasteiger partial charge in [-0.05, 0) is 62.6 Å². The van der Waals surface area contributed by atoms with Crippen molar-refractivity contribution >= 4 is 39.5 Å². The van der Waals surface area contributed by atoms with Crippen LogP contribution >= 0.6 is 0 Å². The molecule has 1 saturated heterocycles. The number of aryl methyl sites for hydroxylation is 2. The van der Waals surface area contributed by atoms with E-state index in [0.717, 1.165) is 59.7 Å². The first kappa shape index (κ1) is 22.9. The Labute approximate surface area is 219 Å². The van der Waals surface area contributed by atoms with Gasteiger partial charge in [0.15, 0.2) is 5.82 Å². The molecule has 5 aromatic rings. The highest BCUT2D eigenvalue weighted by Crippen LogP contribution is 2.54. The van der Waals surface area contributed by atoms with Crippen LogP contribution in [0, 0.1) is 12.3 Å². The summed E-state index contributed by atoms with van der Waals surface area (Å²) in [6.07, 6.45) is 6.71. The third-order valence-corrected chi connectivity index (χ3v) is 7.57. The van der Waals surface area contributed by atoms with Crippen molar-refractivity contribution in [1.29, 1.82) is 0 Å². The molecule has 0 unspecified atom stereocenters. The zero-order valence-corrected chi connectivity index (χ0v) is 21.5. The van der Waals surface area contributed by atoms with Gasteiger partial charge in [0, 0.05) is 37.3 Å². The molecule has 10 heteroatoms. The Morgan fingerprint density at radius 1 is 1.00 bits per heavy atom. The number of hydrogen-bond donors (Lipinski definition) is 2. The molecule has 4 heterocycles. The average molecular weight is 509 g/mol. The summed E-state index contributed by atoms with van der Waals surface area (Å²) in [5, 5.41) is 13.5. The lowest BCUT2D eigenvalue weighted by molar-refractivity contribution is -0.127. The average Bonchev–Trinajstić information content (AvgIpc) is 3.22. The molecule has 0 amide bonds. The number of benzene rings is 2. The lowest BCUT2D eigenvalue weighted by atomic mass is 9.56. The van der Waals surface area contributed by atoms with Crippen LogP contribution in [0.1, 0.15) is 25.3 Å². The van der Waals surface area contributed by atoms with E-state index in [0.29, 0.717) is 22.8 Å². The van der Waals surface area contributed by atoms with E-state index < -0.39 is 5.60 Å². The molecule has 2 N–H and O–H groups in total. The summed E-state index contributed by atoms with van der Waals surface area (Å²) in [7, 11) is 1.97. The van der Waals surface area contributed by atoms with Crippen molar-refractivity contribution in [3.8, 4) is 11.5 Å². The zero-order chi connectivity index (χ0) is 26.1. The fourth-order valence-corrected chi connectivity index (χ4v) is 6.07. The fourth-order valence-electron chi connectivity index (χ4n) is 6.07. The molecule has 38 heavy (non-hydrogen) atoms. The van der Waals surface area contributed by atoms with Crippen molar-refractivity contribution < 1.29 is 9.84 Å². The number of rotatable bonds is 5. The Morgan fingerprint density at radius 2 is 1.84 bits per heavy atom. The molecular formula is C28H28N8O2. The van der Waals surface area contributed by atoms with Gasteiger partial charge in [-0.1, -0.05) is 0 Å². The first-order valence-corrected chi connectivity index (χ1v) is 12.7. The Kier molecular flexibility index (Phi) is 4.87. The number of aliphatic hydroxyl groups is 1. The van der Waals surface area contributed by atoms with E-state index in [9.17, 15) is 5.11 Å². The third kappa shape index (κ3) is 3.88. The third-order valence-electron chi connectivity index (χ3n) is 7.57. The molecule has 192 valence electrons. The largest absolute Gasteiger partial charge is 0.457 e. The summed E-state index contributed by atoms with van der Waals surface area (Å²) in [4.78, 5) is 24.7. The lowest BCUT2D eigenvalue weighted by Crippen LogP contribution is -2.67. The number of imidazole rings is 1. The molecule has 2 fully saturated rings. The SMILES string of the molecule is Cc1cc(Nc2ncnc3cnc(N4CC5(C4)CC(C)(O)C5)nc23)ccc1Oc1ccc2c(c1)ncn2C. The van der Waals surface area contributed by atoms with Gasteiger partial charge in [-0.25, -0.2) is 24.9 Å². The van der Waals surface area contributed by atoms with Crippen LogP contribution in [0.2, 0.25) is 0 Å². The minimum Gasteiger partial charge on any atom is -0.457 e. The van der Waals surface area contributed by atoms with E-state index in [1.807, 2.05) is 61.9 Å². The predicted molar refractivity (Wildman–Crippen MR) is 145 cm³/mol. The van der Waals surface area contributed by atoms with E-state index in [1.54, 1.807) is 12.5 Å². The van der Waals surface area contributed by atoms with Crippen LogP contribution in [0.3, 0.4) is 0 Å². The van der Waals surface area contributed by atoms with Gasteiger partial charge in [0.1, 0.15) is 28.9 Å². The van der Waals surface area contributed by atoms with Gasteiger partial charge in [0.05, 0.1) is 29.2 Å². The van der Waals surface area contributed by atoms with Gasteiger partial charge in [-0.15, -0.1) is 0 Å². The van der Waals surface area contributed by atoms with Crippen molar-refractivity contribution in [2.75, 3.05) is 23.3 Å². The van der Waals surface area contributed by atoms with Gasteiger partial charge < -0.3 is 24.6 Å². The molecule has 1 spiro atoms. The van der Waals surface area contributed by atoms with Crippen LogP contribution < -0.4 is 15.0 Å². The zero-order valence-electron chi connectivity index (χ0n) is 21.5. The maximum absolute atomic E-state index is 10.2. The van der Waals surface area contributed by atoms with E-state index in [-0.39, 0.29) is 5.41 Å². The van der Waals surface area contributed by atoms with Gasteiger partial charge in [0.25, 0.3) is 0 Å². The molecule has 2 aliphatic rings. The minimum atomic E-state index is -0.535. The Bertz CT molecular complexity index is 1700. The molecule has 0 atom stereocenters. The number of aromatic nitrogens is 6. The number of nitrogens with one attached hydrogen (secondary N) is 1. The van der Waals surface area contributed by atoms with Crippen molar-refractivity contribution in [2.24, 2.45) is 12.5 Å². The summed E-state index contributed by atoms with van der Waals surface area (Å²) in [5.41, 5.74) is 4.80. The van der Waals surface area contributed by atoms with Crippen LogP contribution in [0.5, 0.6) is 11.5 Å². The maximum atomic E-state index is 10.2. The van der Waals surface area contributed by atoms with E-state index in [1.165, 1.54) is 6.33 Å². The molecule has 1 saturated carbocycles. The summed E-state index contributed by atoms with van der Waals surface area (Å²) >= 11 is 0. The van der Waals surface area contributed by atoms with Crippen LogP contribution in [0.25, 0.3) is 22.1 Å². The van der Waals surface area contributed by atoms with Gasteiger partial charge in [-0.2, -0.15) is 0 Å². The Hall–Kier alpha value is -4.31. The number of hydrogen-bond acceptors (Lipinski definition) is 9. The van der Waals surface area contributed by atoms with E-state index in [4.69, 9.17) is 9.72 Å². The highest BCUT2D eigenvalue weighted by Gasteiger charge is 2.57. The van der Waals surface area contributed by atoms with Crippen molar-refractivity contribution in [3.05, 3.63) is 60.8 Å². The smallest absolute Gasteiger partial charge is 0.226 e. The second-order valence-corrected chi connectivity index (χ2v) is 11.0. The normalized spacial score (nSPS) is 17.4. The molecule has 0 radical (unpaired) electrons. The van der Waals surface area contributed by atoms with Crippen molar-refractivity contribution in [2.45, 2.75) is 32.3 Å². The molecule has 1 aliphatic heterocycles. The van der Waals surface area contributed by atoms with E-state index in [2.05, 4.69) is 30.2 Å². The van der Waals surface area contributed by atoms with Crippen molar-refractivity contribution in [1.82, 2.24) is 29.5 Å². The molecule has 3 aromatic heterocycles. The van der Waals surface area contributed by atoms with Crippen molar-refractivity contribution in [3.63, 3.8) is 0 Å². The topological polar surface area (TPSA) is 114 Å². The fraction of sp³-hybridized carbons (Fsp3) is 0.321. The maximum Gasteiger partial charge on any atom is 0.226 e. The first-order chi connectivity index (χ1) is 18.3. The van der Waals surface area contributed by atoms with Crippen LogP contribution in [-0.2, 0) is 7.05 Å². The summed E-state index contributed by atoms with van der Waals surface area (Å²) in [6, 6.07) is 11.8. The molecule has 7 rings (SSSR count). The van der Waals surface area contributed by atoms with Gasteiger partial charge >= 0.3 is 0 Å². The first-order valence-electron chi connectivity index (χ1n) is 12.7. The van der Waals surface area contributed by atoms with Crippen LogP contribution in [0.15, 0.2) is 55.2 Å². The van der Waals surface area contributed by atoms with Crippen LogP contribution in [0.4, 0.5) is 17.5 Å². The molecular weight excluding hydrogens is 480 g/mol. The molecule has 0 bridgehead atoms. The number of nitrogens with zero attached hydrogens (tertiary/aromatic N) is 7. The van der Waals surface area contributed by atoms with E-state index >= 15 is 0 Å². The minimum absolute atomic E-state index is 0.195. The molecule has 10 nitrogen and oxygen atoms in total. The lowest BCUT2D eigenvalue weighted by Gasteiger charge is -2.61. The number of fused-ring (bicyclic) bond motifs is 2. The Balaban J connectivity index is 1.10. The summed E-state index contributed by atoms with van der Waals surface area (Å²) in [5.74, 6) is 2.79. The predicted octanol–water partition coefficient (Wildman–Crippen LogP) is 4.50. The van der Waals surface area contributed by atoms with Crippen LogP contribution in [-0.4, -0.2) is 53.3 Å². The van der Waals surface area contributed by atoms with Gasteiger partial charge in [0.2, 0.25) is 5.95 Å². The second-order valence-electron chi connectivity index (χ2n) is 11.0. The highest BCUT2D eigenvalue weighted by atomic mass is 16.5. The van der Waals surface area contributed by atoms with Gasteiger partial charge in [-0.3, -0.25) is 0 Å². The second kappa shape index (κ2) is 8.09. The molecule has 2 aromatic carbocycles. The Morgan fingerprint density at radius 3 is 2.63 bits per heavy atom. The summed E-state index contributed by atoms with van der Waals surface area (Å²) in [6.45, 7) is 5.64. The number of anilines is 3. The monoisotopic (exact) mass is 508 g/mol. The standard InChI is InChI=1S/C28H28N8O2/c1-17-8-18(4-7-23(17)38-19-5-6-22-20(9-19)32-16-35(22)3)33-25-24-21(30-15-31-25)10-29-26(34-24)36-13-28(14-36)11-27(2,37)12-28/h4-10,15-16,37H,11-14H2,1-3H3,(H,30,31,33). The summed E-state index contributed by atoms with van der Waals surface area (Å²) < 4.78 is 8.14. The number of ether oxygens (including phenoxy) is 1. The quantitative estimate of drug-likeness (QED) is 0.354. The molecule has 1 aliphatic carbocycles. The highest BCUT2D eigenvalue weighted by molar-refractivity contribution is 5.87.